The minimum absolute atomic E-state index is 0.0647. The maximum absolute atomic E-state index is 11.5. The maximum Gasteiger partial charge on any atom is 0.331 e. The zero-order valence-corrected chi connectivity index (χ0v) is 23.7. The largest absolute Gasteiger partial charge is 0.462 e. The number of hydrogen-bond donors (Lipinski definition) is 0. The molecule has 4 fully saturated rings. The summed E-state index contributed by atoms with van der Waals surface area (Å²) in [6.45, 7) is 12.6. The van der Waals surface area contributed by atoms with Crippen LogP contribution in [0.5, 0.6) is 0 Å². The normalized spacial score (nSPS) is 45.3. The van der Waals surface area contributed by atoms with Gasteiger partial charge in [-0.05, 0) is 97.7 Å². The highest BCUT2D eigenvalue weighted by atomic mass is 16.7. The van der Waals surface area contributed by atoms with Gasteiger partial charge in [0.15, 0.2) is 0 Å². The lowest BCUT2D eigenvalue weighted by Crippen LogP contribution is -2.51. The molecule has 4 aliphatic carbocycles. The molecule has 0 bridgehead atoms. The Labute approximate surface area is 222 Å². The van der Waals surface area contributed by atoms with E-state index in [1.54, 1.807) is 11.8 Å². The van der Waals surface area contributed by atoms with Gasteiger partial charge in [0.05, 0.1) is 12.2 Å². The number of hydrogen-bond acceptors (Lipinski definition) is 6. The first-order valence-corrected chi connectivity index (χ1v) is 14.8. The molecule has 6 nitrogen and oxygen atoms in total. The van der Waals surface area contributed by atoms with Crippen molar-refractivity contribution < 1.29 is 23.9 Å². The van der Waals surface area contributed by atoms with Crippen molar-refractivity contribution in [1.29, 1.82) is 0 Å². The van der Waals surface area contributed by atoms with Crippen LogP contribution in [0.15, 0.2) is 16.8 Å². The van der Waals surface area contributed by atoms with Gasteiger partial charge in [-0.25, -0.2) is 4.79 Å². The van der Waals surface area contributed by atoms with Crippen LogP contribution in [0.1, 0.15) is 99.3 Å². The molecule has 11 atom stereocenters. The number of oxime groups is 1. The lowest BCUT2D eigenvalue weighted by molar-refractivity contribution is -0.148. The first kappa shape index (κ1) is 26.9. The zero-order chi connectivity index (χ0) is 26.5. The number of allylic oxidation sites excluding steroid dienone is 1. The second kappa shape index (κ2) is 10.1. The second-order valence-corrected chi connectivity index (χ2v) is 13.5. The Morgan fingerprint density at radius 2 is 1.97 bits per heavy atom. The Hall–Kier alpha value is -1.69. The van der Waals surface area contributed by atoms with E-state index >= 15 is 0 Å². The smallest absolute Gasteiger partial charge is 0.331 e. The van der Waals surface area contributed by atoms with Crippen molar-refractivity contribution in [3.8, 4) is 0 Å². The molecule has 1 heterocycles. The van der Waals surface area contributed by atoms with Gasteiger partial charge >= 0.3 is 11.9 Å². The van der Waals surface area contributed by atoms with Gasteiger partial charge in [0.25, 0.3) is 0 Å². The van der Waals surface area contributed by atoms with Gasteiger partial charge in [-0.15, -0.1) is 0 Å². The van der Waals surface area contributed by atoms with Gasteiger partial charge in [0.1, 0.15) is 6.10 Å². The molecule has 0 aromatic rings. The number of rotatable bonds is 6. The van der Waals surface area contributed by atoms with E-state index < -0.39 is 0 Å². The minimum Gasteiger partial charge on any atom is -0.462 e. The highest BCUT2D eigenvalue weighted by Gasteiger charge is 2.65. The van der Waals surface area contributed by atoms with E-state index in [0.29, 0.717) is 29.5 Å². The van der Waals surface area contributed by atoms with Crippen LogP contribution in [0.4, 0.5) is 0 Å². The van der Waals surface area contributed by atoms with Crippen molar-refractivity contribution in [2.75, 3.05) is 0 Å². The average Bonchev–Trinajstić information content (AvgIpc) is 3.30. The minimum atomic E-state index is -0.380. The molecular weight excluding hydrogens is 466 g/mol. The number of fused-ring (bicyclic) bond motifs is 7. The first-order chi connectivity index (χ1) is 17.5. The molecule has 3 saturated carbocycles. The van der Waals surface area contributed by atoms with Gasteiger partial charge in [0.2, 0.25) is 0 Å². The van der Waals surface area contributed by atoms with Crippen LogP contribution in [0.25, 0.3) is 0 Å². The molecule has 1 aliphatic heterocycles. The van der Waals surface area contributed by atoms with Gasteiger partial charge in [-0.3, -0.25) is 4.79 Å². The number of carbonyl (C=O) groups is 2. The van der Waals surface area contributed by atoms with Crippen LogP contribution in [-0.4, -0.2) is 36.5 Å². The van der Waals surface area contributed by atoms with Crippen molar-refractivity contribution >= 4 is 18.2 Å². The molecule has 5 aliphatic rings. The summed E-state index contributed by atoms with van der Waals surface area (Å²) in [6.07, 6.45) is 15.1. The lowest BCUT2D eigenvalue weighted by atomic mass is 9.47. The van der Waals surface area contributed by atoms with Crippen molar-refractivity contribution in [3.63, 3.8) is 0 Å². The third kappa shape index (κ3) is 4.81. The summed E-state index contributed by atoms with van der Waals surface area (Å²) in [4.78, 5) is 27.2. The summed E-state index contributed by atoms with van der Waals surface area (Å²) in [5, 5.41) is 3.80. The molecule has 1 saturated heterocycles. The zero-order valence-electron chi connectivity index (χ0n) is 23.7. The fourth-order valence-corrected chi connectivity index (χ4v) is 9.69. The Balaban J connectivity index is 1.24. The van der Waals surface area contributed by atoms with Gasteiger partial charge < -0.3 is 14.3 Å². The summed E-state index contributed by atoms with van der Waals surface area (Å²) >= 11 is 0. The summed E-state index contributed by atoms with van der Waals surface area (Å²) in [5.41, 5.74) is 2.18. The number of esters is 1. The van der Waals surface area contributed by atoms with Crippen molar-refractivity contribution in [2.24, 2.45) is 51.5 Å². The highest BCUT2D eigenvalue weighted by molar-refractivity contribution is 5.67. The predicted molar refractivity (Wildman–Crippen MR) is 143 cm³/mol. The molecule has 37 heavy (non-hydrogen) atoms. The predicted octanol–water partition coefficient (Wildman–Crippen LogP) is 6.48. The maximum atomic E-state index is 11.5. The summed E-state index contributed by atoms with van der Waals surface area (Å²) in [6, 6.07) is 0. The monoisotopic (exact) mass is 513 g/mol. The molecule has 0 amide bonds. The van der Waals surface area contributed by atoms with Crippen LogP contribution in [0.3, 0.4) is 0 Å². The van der Waals surface area contributed by atoms with Crippen LogP contribution in [-0.2, 0) is 23.9 Å². The Bertz CT molecular complexity index is 959. The average molecular weight is 514 g/mol. The Kier molecular flexibility index (Phi) is 7.36. The van der Waals surface area contributed by atoms with Crippen LogP contribution >= 0.6 is 0 Å². The van der Waals surface area contributed by atoms with Gasteiger partial charge in [-0.2, -0.15) is 0 Å². The fraction of sp³-hybridized carbons (Fsp3) is 0.839. The molecule has 0 radical (unpaired) electrons. The van der Waals surface area contributed by atoms with Gasteiger partial charge in [-0.1, -0.05) is 44.5 Å². The summed E-state index contributed by atoms with van der Waals surface area (Å²) in [5.74, 6) is 3.17. The van der Waals surface area contributed by atoms with E-state index in [9.17, 15) is 9.59 Å². The van der Waals surface area contributed by atoms with Crippen LogP contribution < -0.4 is 0 Å². The highest BCUT2D eigenvalue weighted by Crippen LogP contribution is 2.69. The summed E-state index contributed by atoms with van der Waals surface area (Å²) < 4.78 is 12.4. The van der Waals surface area contributed by atoms with E-state index in [1.807, 2.05) is 0 Å². The standard InChI is InChI=1S/C31H47NO5/c1-18(17-32-37-21(4)34)7-10-27-19(2)29-28(36-27)16-26-24-9-8-22-15-23(35-20(3)33)11-13-30(22,5)25(24)12-14-31(26,29)6/h8,17-19,23-29H,7,9-16H2,1-6H3/b32-17+/t18-,19-,23+,24-,25+,26+,27-,28+,29+,30+,31+/m1/s1. The third-order valence-corrected chi connectivity index (χ3v) is 11.4. The molecule has 6 heteroatoms. The SMILES string of the molecule is CC(=O)O/N=C/[C@H](C)CC[C@H]1O[C@H]2C[C@H]3[C@@H]4CC=C5C[C@@H](OC(C)=O)CC[C@]5(C)[C@H]4CC[C@]3(C)[C@H]2[C@@H]1C. The van der Waals surface area contributed by atoms with Crippen molar-refractivity contribution in [1.82, 2.24) is 0 Å². The summed E-state index contributed by atoms with van der Waals surface area (Å²) in [7, 11) is 0. The number of nitrogens with zero attached hydrogens (tertiary/aromatic N) is 1. The molecule has 0 aromatic heterocycles. The van der Waals surface area contributed by atoms with E-state index in [0.717, 1.165) is 49.9 Å². The second-order valence-electron chi connectivity index (χ2n) is 13.5. The van der Waals surface area contributed by atoms with E-state index in [4.69, 9.17) is 14.3 Å². The lowest BCUT2D eigenvalue weighted by Gasteiger charge is -2.58. The Morgan fingerprint density at radius 1 is 1.19 bits per heavy atom. The molecular formula is C31H47NO5. The molecule has 0 aromatic carbocycles. The van der Waals surface area contributed by atoms with E-state index in [1.165, 1.54) is 39.5 Å². The molecule has 5 rings (SSSR count). The number of carbonyl (C=O) groups excluding carboxylic acids is 2. The van der Waals surface area contributed by atoms with E-state index in [2.05, 4.69) is 38.9 Å². The van der Waals surface area contributed by atoms with E-state index in [-0.39, 0.29) is 29.4 Å². The Morgan fingerprint density at radius 3 is 2.70 bits per heavy atom. The van der Waals surface area contributed by atoms with Gasteiger partial charge in [0, 0.05) is 26.5 Å². The topological polar surface area (TPSA) is 74.2 Å². The quantitative estimate of drug-likeness (QED) is 0.134. The molecule has 0 spiro atoms. The third-order valence-electron chi connectivity index (χ3n) is 11.4. The molecule has 206 valence electrons. The first-order valence-electron chi connectivity index (χ1n) is 14.8. The number of ether oxygens (including phenoxy) is 2. The van der Waals surface area contributed by atoms with Crippen molar-refractivity contribution in [2.45, 2.75) is 118 Å². The van der Waals surface area contributed by atoms with Crippen LogP contribution in [0, 0.1) is 46.3 Å². The molecule has 0 N–H and O–H groups in total. The van der Waals surface area contributed by atoms with Crippen molar-refractivity contribution in [3.05, 3.63) is 11.6 Å². The molecule has 0 unspecified atom stereocenters. The van der Waals surface area contributed by atoms with Crippen LogP contribution in [0.2, 0.25) is 0 Å². The fourth-order valence-electron chi connectivity index (χ4n) is 9.69.